The van der Waals surface area contributed by atoms with Gasteiger partial charge in [0.05, 0.1) is 17.6 Å². The van der Waals surface area contributed by atoms with Gasteiger partial charge in [0.1, 0.15) is 0 Å². The highest BCUT2D eigenvalue weighted by Gasteiger charge is 2.26. The molecule has 3 rings (SSSR count). The molecule has 0 saturated heterocycles. The van der Waals surface area contributed by atoms with Gasteiger partial charge in [-0.05, 0) is 60.8 Å². The van der Waals surface area contributed by atoms with Crippen LogP contribution in [0.5, 0.6) is 0 Å². The van der Waals surface area contributed by atoms with Gasteiger partial charge < -0.3 is 5.11 Å². The number of nitriles is 1. The smallest absolute Gasteiger partial charge is 0.306 e. The third kappa shape index (κ3) is 5.74. The molecule has 0 heterocycles. The SMILES string of the molecule is CC(C)[C@H]1CC[C@H](C(=O)O)CC1.N#Cc1ccc(-c2ccccc2)cc1. The first kappa shape index (κ1) is 19.7. The predicted octanol–water partition coefficient (Wildman–Crippen LogP) is 5.76. The number of hydrogen-bond donors (Lipinski definition) is 1. The van der Waals surface area contributed by atoms with Gasteiger partial charge in [-0.1, -0.05) is 56.3 Å². The Kier molecular flexibility index (Phi) is 7.41. The summed E-state index contributed by atoms with van der Waals surface area (Å²) in [6.45, 7) is 4.46. The highest BCUT2D eigenvalue weighted by atomic mass is 16.4. The minimum absolute atomic E-state index is 0.0556. The summed E-state index contributed by atoms with van der Waals surface area (Å²) in [6.07, 6.45) is 3.99. The fraction of sp³-hybridized carbons (Fsp3) is 0.391. The standard InChI is InChI=1S/C13H9N.C10H18O2/c14-10-11-6-8-13(9-7-11)12-4-2-1-3-5-12;1-7(2)8-3-5-9(6-4-8)10(11)12/h1-9H;7-9H,3-6H2,1-2H3,(H,11,12)/t;8-,9-. The molecule has 3 nitrogen and oxygen atoms in total. The van der Waals surface area contributed by atoms with Crippen LogP contribution in [0.2, 0.25) is 0 Å². The highest BCUT2D eigenvalue weighted by Crippen LogP contribution is 2.33. The van der Waals surface area contributed by atoms with E-state index in [1.807, 2.05) is 42.5 Å². The Morgan fingerprint density at radius 1 is 0.962 bits per heavy atom. The zero-order valence-corrected chi connectivity index (χ0v) is 15.6. The monoisotopic (exact) mass is 349 g/mol. The molecule has 1 saturated carbocycles. The average molecular weight is 349 g/mol. The van der Waals surface area contributed by atoms with Crippen molar-refractivity contribution >= 4 is 5.97 Å². The van der Waals surface area contributed by atoms with Crippen LogP contribution in [-0.4, -0.2) is 11.1 Å². The van der Waals surface area contributed by atoms with E-state index in [-0.39, 0.29) is 5.92 Å². The van der Waals surface area contributed by atoms with E-state index in [1.54, 1.807) is 0 Å². The van der Waals surface area contributed by atoms with E-state index in [1.165, 1.54) is 5.56 Å². The molecule has 3 heteroatoms. The summed E-state index contributed by atoms with van der Waals surface area (Å²) in [6, 6.07) is 19.8. The van der Waals surface area contributed by atoms with Crippen LogP contribution >= 0.6 is 0 Å². The van der Waals surface area contributed by atoms with Gasteiger partial charge in [-0.25, -0.2) is 0 Å². The summed E-state index contributed by atoms with van der Waals surface area (Å²) in [5.41, 5.74) is 3.02. The number of carboxylic acids is 1. The number of benzene rings is 2. The molecule has 26 heavy (non-hydrogen) atoms. The largest absolute Gasteiger partial charge is 0.481 e. The molecular weight excluding hydrogens is 322 g/mol. The van der Waals surface area contributed by atoms with Crippen molar-refractivity contribution in [2.24, 2.45) is 17.8 Å². The fourth-order valence-electron chi connectivity index (χ4n) is 3.40. The summed E-state index contributed by atoms with van der Waals surface area (Å²) in [5.74, 6) is 0.831. The van der Waals surface area contributed by atoms with E-state index in [0.717, 1.165) is 43.1 Å². The first-order valence-corrected chi connectivity index (χ1v) is 9.29. The number of carboxylic acid groups (broad SMARTS) is 1. The van der Waals surface area contributed by atoms with Crippen molar-refractivity contribution < 1.29 is 9.90 Å². The maximum atomic E-state index is 10.6. The van der Waals surface area contributed by atoms with Gasteiger partial charge in [-0.15, -0.1) is 0 Å². The molecular formula is C23H27NO2. The van der Waals surface area contributed by atoms with Crippen LogP contribution in [0, 0.1) is 29.1 Å². The van der Waals surface area contributed by atoms with Gasteiger partial charge in [0.25, 0.3) is 0 Å². The van der Waals surface area contributed by atoms with E-state index in [0.29, 0.717) is 5.56 Å². The van der Waals surface area contributed by atoms with Gasteiger partial charge >= 0.3 is 5.97 Å². The van der Waals surface area contributed by atoms with Crippen LogP contribution < -0.4 is 0 Å². The molecule has 0 unspecified atom stereocenters. The first-order valence-electron chi connectivity index (χ1n) is 9.29. The van der Waals surface area contributed by atoms with E-state index >= 15 is 0 Å². The van der Waals surface area contributed by atoms with E-state index in [4.69, 9.17) is 10.4 Å². The Hall–Kier alpha value is -2.60. The normalized spacial score (nSPS) is 19.2. The third-order valence-electron chi connectivity index (χ3n) is 5.19. The van der Waals surface area contributed by atoms with Gasteiger partial charge in [-0.2, -0.15) is 5.26 Å². The van der Waals surface area contributed by atoms with Crippen molar-refractivity contribution in [3.63, 3.8) is 0 Å². The molecule has 136 valence electrons. The number of aliphatic carboxylic acids is 1. The quantitative estimate of drug-likeness (QED) is 0.766. The molecule has 1 N–H and O–H groups in total. The number of hydrogen-bond acceptors (Lipinski definition) is 2. The minimum Gasteiger partial charge on any atom is -0.481 e. The summed E-state index contributed by atoms with van der Waals surface area (Å²) in [5, 5.41) is 17.4. The van der Waals surface area contributed by atoms with Crippen molar-refractivity contribution in [3.05, 3.63) is 60.2 Å². The Balaban J connectivity index is 0.000000190. The second kappa shape index (κ2) is 9.77. The molecule has 0 radical (unpaired) electrons. The van der Waals surface area contributed by atoms with Crippen molar-refractivity contribution in [2.75, 3.05) is 0 Å². The highest BCUT2D eigenvalue weighted by molar-refractivity contribution is 5.70. The zero-order chi connectivity index (χ0) is 18.9. The van der Waals surface area contributed by atoms with Crippen LogP contribution in [0.25, 0.3) is 11.1 Å². The molecule has 0 bridgehead atoms. The molecule has 0 aliphatic heterocycles. The molecule has 0 aromatic heterocycles. The van der Waals surface area contributed by atoms with Gasteiger partial charge in [0.2, 0.25) is 0 Å². The molecule has 1 aliphatic rings. The Morgan fingerprint density at radius 3 is 1.96 bits per heavy atom. The van der Waals surface area contributed by atoms with Crippen LogP contribution in [0.1, 0.15) is 45.1 Å². The van der Waals surface area contributed by atoms with Gasteiger partial charge in [0.15, 0.2) is 0 Å². The van der Waals surface area contributed by atoms with E-state index in [2.05, 4.69) is 32.0 Å². The van der Waals surface area contributed by atoms with Gasteiger partial charge in [0, 0.05) is 0 Å². The Morgan fingerprint density at radius 2 is 1.50 bits per heavy atom. The fourth-order valence-corrected chi connectivity index (χ4v) is 3.40. The molecule has 0 atom stereocenters. The second-order valence-corrected chi connectivity index (χ2v) is 7.25. The van der Waals surface area contributed by atoms with Crippen molar-refractivity contribution in [1.29, 1.82) is 5.26 Å². The molecule has 2 aromatic carbocycles. The topological polar surface area (TPSA) is 61.1 Å². The Labute approximate surface area is 156 Å². The molecule has 0 amide bonds. The summed E-state index contributed by atoms with van der Waals surface area (Å²) in [7, 11) is 0. The van der Waals surface area contributed by atoms with E-state index in [9.17, 15) is 4.79 Å². The van der Waals surface area contributed by atoms with Crippen molar-refractivity contribution in [3.8, 4) is 17.2 Å². The lowest BCUT2D eigenvalue weighted by Crippen LogP contribution is -2.23. The zero-order valence-electron chi connectivity index (χ0n) is 15.6. The maximum absolute atomic E-state index is 10.6. The lowest BCUT2D eigenvalue weighted by molar-refractivity contribution is -0.143. The van der Waals surface area contributed by atoms with Crippen molar-refractivity contribution in [1.82, 2.24) is 0 Å². The van der Waals surface area contributed by atoms with E-state index < -0.39 is 5.97 Å². The van der Waals surface area contributed by atoms with Crippen molar-refractivity contribution in [2.45, 2.75) is 39.5 Å². The summed E-state index contributed by atoms with van der Waals surface area (Å²) < 4.78 is 0. The number of carbonyl (C=O) groups is 1. The number of nitrogens with zero attached hydrogens (tertiary/aromatic N) is 1. The maximum Gasteiger partial charge on any atom is 0.306 e. The van der Waals surface area contributed by atoms with Crippen LogP contribution in [0.4, 0.5) is 0 Å². The van der Waals surface area contributed by atoms with Crippen LogP contribution in [0.3, 0.4) is 0 Å². The molecule has 0 spiro atoms. The summed E-state index contributed by atoms with van der Waals surface area (Å²) in [4.78, 5) is 10.6. The molecule has 1 aliphatic carbocycles. The first-order chi connectivity index (χ1) is 12.5. The summed E-state index contributed by atoms with van der Waals surface area (Å²) >= 11 is 0. The molecule has 1 fully saturated rings. The number of rotatable bonds is 3. The third-order valence-corrected chi connectivity index (χ3v) is 5.19. The van der Waals surface area contributed by atoms with Crippen LogP contribution in [0.15, 0.2) is 54.6 Å². The Bertz CT molecular complexity index is 721. The molecule has 2 aromatic rings. The average Bonchev–Trinajstić information content (AvgIpc) is 2.69. The lowest BCUT2D eigenvalue weighted by Gasteiger charge is -2.28. The lowest BCUT2D eigenvalue weighted by atomic mass is 9.77. The minimum atomic E-state index is -0.600. The second-order valence-electron chi connectivity index (χ2n) is 7.25. The van der Waals surface area contributed by atoms with Crippen LogP contribution in [-0.2, 0) is 4.79 Å². The van der Waals surface area contributed by atoms with Gasteiger partial charge in [-0.3, -0.25) is 4.79 Å². The predicted molar refractivity (Wildman–Crippen MR) is 105 cm³/mol.